The van der Waals surface area contributed by atoms with Gasteiger partial charge in [0.1, 0.15) is 0 Å². The summed E-state index contributed by atoms with van der Waals surface area (Å²) in [6.45, 7) is 1.62. The monoisotopic (exact) mass is 261 g/mol. The minimum absolute atomic E-state index is 0.136. The molecule has 0 N–H and O–H groups in total. The van der Waals surface area contributed by atoms with E-state index in [9.17, 15) is 14.4 Å². The maximum atomic E-state index is 11.9. The van der Waals surface area contributed by atoms with Gasteiger partial charge in [0.15, 0.2) is 0 Å². The highest BCUT2D eigenvalue weighted by Gasteiger charge is 2.38. The number of carbonyl (C=O) groups is 3. The Bertz CT molecular complexity index is 536. The highest BCUT2D eigenvalue weighted by Crippen LogP contribution is 2.32. The summed E-state index contributed by atoms with van der Waals surface area (Å²) in [6.07, 6.45) is 1.75. The molecule has 3 amide bonds. The van der Waals surface area contributed by atoms with Crippen LogP contribution in [0.4, 0.5) is 4.79 Å². The van der Waals surface area contributed by atoms with Crippen molar-refractivity contribution < 1.29 is 14.4 Å². The molecule has 0 aromatic heterocycles. The van der Waals surface area contributed by atoms with Crippen molar-refractivity contribution in [1.82, 2.24) is 4.90 Å². The van der Waals surface area contributed by atoms with E-state index >= 15 is 0 Å². The number of nitrogens with zero attached hydrogens (tertiary/aromatic N) is 1. The van der Waals surface area contributed by atoms with E-state index in [1.54, 1.807) is 13.0 Å². The van der Waals surface area contributed by atoms with Gasteiger partial charge in [-0.15, -0.1) is 0 Å². The molecular formula is C13H11NO3S. The van der Waals surface area contributed by atoms with E-state index in [0.29, 0.717) is 4.90 Å². The lowest BCUT2D eigenvalue weighted by molar-refractivity contribution is -0.137. The third-order valence-electron chi connectivity index (χ3n) is 2.44. The fourth-order valence-corrected chi connectivity index (χ4v) is 2.38. The van der Waals surface area contributed by atoms with Crippen molar-refractivity contribution in [1.29, 1.82) is 0 Å². The van der Waals surface area contributed by atoms with Gasteiger partial charge in [0.25, 0.3) is 11.1 Å². The highest BCUT2D eigenvalue weighted by molar-refractivity contribution is 8.18. The van der Waals surface area contributed by atoms with Crippen molar-refractivity contribution in [2.45, 2.75) is 13.3 Å². The second-order valence-electron chi connectivity index (χ2n) is 3.68. The predicted molar refractivity (Wildman–Crippen MR) is 69.6 cm³/mol. The van der Waals surface area contributed by atoms with Gasteiger partial charge in [-0.1, -0.05) is 37.3 Å². The maximum absolute atomic E-state index is 11.9. The fourth-order valence-electron chi connectivity index (χ4n) is 1.54. The summed E-state index contributed by atoms with van der Waals surface area (Å²) in [5.41, 5.74) is 0.826. The second kappa shape index (κ2) is 5.18. The Morgan fingerprint density at radius 1 is 1.28 bits per heavy atom. The Kier molecular flexibility index (Phi) is 3.62. The number of thioether (sulfide) groups is 1. The quantitative estimate of drug-likeness (QED) is 0.768. The average molecular weight is 261 g/mol. The molecule has 0 unspecified atom stereocenters. The second-order valence-corrected chi connectivity index (χ2v) is 4.67. The molecule has 0 spiro atoms. The Morgan fingerprint density at radius 3 is 2.56 bits per heavy atom. The van der Waals surface area contributed by atoms with E-state index in [4.69, 9.17) is 0 Å². The van der Waals surface area contributed by atoms with E-state index in [0.717, 1.165) is 17.3 Å². The molecule has 1 aliphatic heterocycles. The zero-order valence-corrected chi connectivity index (χ0v) is 10.6. The molecule has 0 aliphatic carbocycles. The van der Waals surface area contributed by atoms with Crippen LogP contribution in [0.3, 0.4) is 0 Å². The number of benzene rings is 1. The maximum Gasteiger partial charge on any atom is 0.300 e. The summed E-state index contributed by atoms with van der Waals surface area (Å²) in [6, 6.07) is 9.20. The van der Waals surface area contributed by atoms with E-state index in [2.05, 4.69) is 0 Å². The van der Waals surface area contributed by atoms with E-state index < -0.39 is 17.1 Å². The number of rotatable bonds is 2. The largest absolute Gasteiger partial charge is 0.300 e. The molecule has 0 atom stereocenters. The molecule has 0 saturated carbocycles. The lowest BCUT2D eigenvalue weighted by Gasteiger charge is -2.07. The van der Waals surface area contributed by atoms with Gasteiger partial charge in [-0.2, -0.15) is 0 Å². The Hall–Kier alpha value is -1.88. The van der Waals surface area contributed by atoms with Crippen molar-refractivity contribution >= 4 is 34.9 Å². The number of hydrogen-bond donors (Lipinski definition) is 0. The minimum Gasteiger partial charge on any atom is -0.274 e. The first-order valence-corrected chi connectivity index (χ1v) is 6.31. The number of hydrogen-bond acceptors (Lipinski definition) is 4. The average Bonchev–Trinajstić information content (AvgIpc) is 2.65. The molecule has 0 bridgehead atoms. The van der Waals surface area contributed by atoms with Crippen LogP contribution in [0.1, 0.15) is 18.9 Å². The van der Waals surface area contributed by atoms with Crippen molar-refractivity contribution in [3.63, 3.8) is 0 Å². The normalized spacial score (nSPS) is 17.6. The standard InChI is InChI=1S/C13H11NO3S/c1-2-11(15)14-12(16)10(18-13(14)17)8-9-6-4-3-5-7-9/h3-8H,2H2,1H3/b10-8+. The molecule has 92 valence electrons. The lowest BCUT2D eigenvalue weighted by atomic mass is 10.2. The van der Waals surface area contributed by atoms with Crippen LogP contribution in [0.5, 0.6) is 0 Å². The van der Waals surface area contributed by atoms with E-state index in [1.807, 2.05) is 30.3 Å². The van der Waals surface area contributed by atoms with Crippen molar-refractivity contribution in [2.24, 2.45) is 0 Å². The third-order valence-corrected chi connectivity index (χ3v) is 3.31. The molecular weight excluding hydrogens is 250 g/mol. The van der Waals surface area contributed by atoms with Crippen LogP contribution in [-0.2, 0) is 9.59 Å². The van der Waals surface area contributed by atoms with Crippen molar-refractivity contribution in [3.05, 3.63) is 40.8 Å². The van der Waals surface area contributed by atoms with Crippen LogP contribution in [0.25, 0.3) is 6.08 Å². The zero-order valence-electron chi connectivity index (χ0n) is 9.75. The molecule has 1 aliphatic rings. The topological polar surface area (TPSA) is 54.5 Å². The zero-order chi connectivity index (χ0) is 13.1. The van der Waals surface area contributed by atoms with Gasteiger partial charge < -0.3 is 0 Å². The molecule has 1 fully saturated rings. The summed E-state index contributed by atoms with van der Waals surface area (Å²) in [5, 5.41) is -0.519. The molecule has 1 aromatic rings. The molecule has 18 heavy (non-hydrogen) atoms. The molecule has 4 nitrogen and oxygen atoms in total. The number of amides is 3. The number of imide groups is 3. The van der Waals surface area contributed by atoms with Gasteiger partial charge in [-0.25, -0.2) is 4.90 Å². The van der Waals surface area contributed by atoms with Gasteiger partial charge in [0.05, 0.1) is 4.91 Å². The van der Waals surface area contributed by atoms with Crippen LogP contribution < -0.4 is 0 Å². The first-order valence-electron chi connectivity index (χ1n) is 5.49. The first-order chi connectivity index (χ1) is 8.63. The lowest BCUT2D eigenvalue weighted by Crippen LogP contribution is -2.34. The SMILES string of the molecule is CCC(=O)N1C(=O)S/C(=C/c2ccccc2)C1=O. The van der Waals surface area contributed by atoms with Crippen LogP contribution >= 0.6 is 11.8 Å². The van der Waals surface area contributed by atoms with Crippen molar-refractivity contribution in [2.75, 3.05) is 0 Å². The Balaban J connectivity index is 2.28. The van der Waals surface area contributed by atoms with Crippen LogP contribution in [0.2, 0.25) is 0 Å². The van der Waals surface area contributed by atoms with E-state index in [-0.39, 0.29) is 11.3 Å². The van der Waals surface area contributed by atoms with Gasteiger partial charge in [-0.3, -0.25) is 14.4 Å². The van der Waals surface area contributed by atoms with Gasteiger partial charge in [-0.05, 0) is 23.4 Å². The van der Waals surface area contributed by atoms with Gasteiger partial charge in [0, 0.05) is 6.42 Å². The Labute approximate surface area is 109 Å². The van der Waals surface area contributed by atoms with Crippen LogP contribution in [0, 0.1) is 0 Å². The molecule has 0 radical (unpaired) electrons. The smallest absolute Gasteiger partial charge is 0.274 e. The first kappa shape index (κ1) is 12.6. The molecule has 1 aromatic carbocycles. The summed E-state index contributed by atoms with van der Waals surface area (Å²) in [7, 11) is 0. The fraction of sp³-hybridized carbons (Fsp3) is 0.154. The van der Waals surface area contributed by atoms with Crippen LogP contribution in [-0.4, -0.2) is 22.0 Å². The minimum atomic E-state index is -0.527. The van der Waals surface area contributed by atoms with Crippen LogP contribution in [0.15, 0.2) is 35.2 Å². The molecule has 5 heteroatoms. The molecule has 2 rings (SSSR count). The van der Waals surface area contributed by atoms with Gasteiger partial charge >= 0.3 is 0 Å². The molecule has 1 heterocycles. The third kappa shape index (κ3) is 2.36. The van der Waals surface area contributed by atoms with Crippen molar-refractivity contribution in [3.8, 4) is 0 Å². The Morgan fingerprint density at radius 2 is 1.94 bits per heavy atom. The summed E-state index contributed by atoms with van der Waals surface area (Å²) < 4.78 is 0. The number of carbonyl (C=O) groups excluding carboxylic acids is 3. The molecule has 1 saturated heterocycles. The van der Waals surface area contributed by atoms with E-state index in [1.165, 1.54) is 0 Å². The summed E-state index contributed by atoms with van der Waals surface area (Å²) >= 11 is 0.798. The predicted octanol–water partition coefficient (Wildman–Crippen LogP) is 2.66. The summed E-state index contributed by atoms with van der Waals surface area (Å²) in [4.78, 5) is 36.0. The van der Waals surface area contributed by atoms with Gasteiger partial charge in [0.2, 0.25) is 5.91 Å². The summed E-state index contributed by atoms with van der Waals surface area (Å²) in [5.74, 6) is -0.991. The highest BCUT2D eigenvalue weighted by atomic mass is 32.2.